The Balaban J connectivity index is 1.01. The Morgan fingerprint density at radius 2 is 1.18 bits per heavy atom. The summed E-state index contributed by atoms with van der Waals surface area (Å²) in [5, 5.41) is 19.6. The SMILES string of the molecule is CC1(C)c2cc(/C=C/c3ccc4cc(-n5c6ccccc6c6cc(C#N)ccc65)ccc4c3)cc3ccc4cc(-c5ccccc5)cc1c4c23. The fourth-order valence-electron chi connectivity index (χ4n) is 8.38. The van der Waals surface area contributed by atoms with Crippen molar-refractivity contribution >= 4 is 66.3 Å². The predicted octanol–water partition coefficient (Wildman–Crippen LogP) is 12.6. The molecule has 0 aliphatic heterocycles. The molecule has 0 bridgehead atoms. The quantitative estimate of drug-likeness (QED) is 0.140. The third kappa shape index (κ3) is 4.20. The Morgan fingerprint density at radius 1 is 0.520 bits per heavy atom. The molecule has 0 radical (unpaired) electrons. The molecule has 234 valence electrons. The van der Waals surface area contributed by atoms with Gasteiger partial charge in [0.1, 0.15) is 0 Å². The van der Waals surface area contributed by atoms with Crippen LogP contribution in [0.3, 0.4) is 0 Å². The zero-order chi connectivity index (χ0) is 33.6. The normalized spacial score (nSPS) is 13.5. The van der Waals surface area contributed by atoms with Gasteiger partial charge in [-0.2, -0.15) is 5.26 Å². The van der Waals surface area contributed by atoms with Crippen molar-refractivity contribution < 1.29 is 0 Å². The average molecular weight is 637 g/mol. The topological polar surface area (TPSA) is 28.7 Å². The lowest BCUT2D eigenvalue weighted by Gasteiger charge is -2.23. The van der Waals surface area contributed by atoms with E-state index in [1.54, 1.807) is 0 Å². The van der Waals surface area contributed by atoms with Gasteiger partial charge in [0.05, 0.1) is 22.7 Å². The van der Waals surface area contributed by atoms with Gasteiger partial charge >= 0.3 is 0 Å². The van der Waals surface area contributed by atoms with Crippen molar-refractivity contribution in [3.05, 3.63) is 173 Å². The highest BCUT2D eigenvalue weighted by Crippen LogP contribution is 2.50. The van der Waals surface area contributed by atoms with Gasteiger partial charge in [-0.25, -0.2) is 0 Å². The number of benzene rings is 8. The van der Waals surface area contributed by atoms with Crippen molar-refractivity contribution in [3.63, 3.8) is 0 Å². The minimum Gasteiger partial charge on any atom is -0.309 e. The summed E-state index contributed by atoms with van der Waals surface area (Å²) in [7, 11) is 0. The summed E-state index contributed by atoms with van der Waals surface area (Å²) in [5.74, 6) is 0. The number of para-hydroxylation sites is 1. The van der Waals surface area contributed by atoms with E-state index >= 15 is 0 Å². The summed E-state index contributed by atoms with van der Waals surface area (Å²) in [4.78, 5) is 0. The van der Waals surface area contributed by atoms with E-state index < -0.39 is 0 Å². The largest absolute Gasteiger partial charge is 0.309 e. The van der Waals surface area contributed by atoms with Crippen LogP contribution >= 0.6 is 0 Å². The summed E-state index contributed by atoms with van der Waals surface area (Å²) in [6, 6.07) is 54.9. The highest BCUT2D eigenvalue weighted by Gasteiger charge is 2.34. The fourth-order valence-corrected chi connectivity index (χ4v) is 8.38. The van der Waals surface area contributed by atoms with Gasteiger partial charge in [0.25, 0.3) is 0 Å². The van der Waals surface area contributed by atoms with Crippen molar-refractivity contribution in [3.8, 4) is 22.9 Å². The van der Waals surface area contributed by atoms with Gasteiger partial charge in [0.15, 0.2) is 0 Å². The number of hydrogen-bond donors (Lipinski definition) is 0. The molecule has 8 aromatic carbocycles. The molecule has 0 amide bonds. The molecule has 0 unspecified atom stereocenters. The summed E-state index contributed by atoms with van der Waals surface area (Å²) in [5.41, 5.74) is 11.7. The molecule has 1 aromatic heterocycles. The van der Waals surface area contributed by atoms with Gasteiger partial charge in [0, 0.05) is 21.9 Å². The van der Waals surface area contributed by atoms with Crippen LogP contribution in [0.4, 0.5) is 0 Å². The monoisotopic (exact) mass is 636 g/mol. The molecule has 0 N–H and O–H groups in total. The minimum atomic E-state index is -0.0934. The first kappa shape index (κ1) is 28.6. The number of rotatable bonds is 4. The van der Waals surface area contributed by atoms with E-state index in [4.69, 9.17) is 0 Å². The number of fused-ring (bicyclic) bond motifs is 4. The summed E-state index contributed by atoms with van der Waals surface area (Å²) < 4.78 is 2.30. The zero-order valence-corrected chi connectivity index (χ0v) is 27.9. The van der Waals surface area contributed by atoms with Crippen molar-refractivity contribution in [1.29, 1.82) is 5.26 Å². The molecule has 0 fully saturated rings. The first-order chi connectivity index (χ1) is 24.5. The second-order valence-electron chi connectivity index (χ2n) is 14.2. The van der Waals surface area contributed by atoms with Crippen LogP contribution < -0.4 is 0 Å². The number of nitriles is 1. The average Bonchev–Trinajstić information content (AvgIpc) is 3.61. The second-order valence-corrected chi connectivity index (χ2v) is 14.2. The minimum absolute atomic E-state index is 0.0934. The first-order valence-electron chi connectivity index (χ1n) is 17.2. The molecule has 1 heterocycles. The standard InChI is InChI=1S/C48H32N2/c1-48(2)42-25-31(23-36-17-18-37-26-38(33-8-4-3-5-9-33)28-43(48)47(37)46(36)42)13-12-30-14-16-35-27-39(20-19-34(35)22-30)50-44-11-7-6-10-40(44)41-24-32(29-49)15-21-45(41)50/h3-28H,1-2H3/b13-12+. The molecule has 0 saturated carbocycles. The van der Waals surface area contributed by atoms with Gasteiger partial charge in [-0.3, -0.25) is 0 Å². The van der Waals surface area contributed by atoms with Crippen LogP contribution in [-0.4, -0.2) is 4.57 Å². The summed E-state index contributed by atoms with van der Waals surface area (Å²) >= 11 is 0. The van der Waals surface area contributed by atoms with E-state index in [0.29, 0.717) is 5.56 Å². The van der Waals surface area contributed by atoms with Crippen molar-refractivity contribution in [2.75, 3.05) is 0 Å². The lowest BCUT2D eigenvalue weighted by Crippen LogP contribution is -2.15. The lowest BCUT2D eigenvalue weighted by molar-refractivity contribution is 0.663. The van der Waals surface area contributed by atoms with Crippen LogP contribution in [0.25, 0.3) is 83.1 Å². The Bertz CT molecular complexity index is 2950. The molecule has 0 atom stereocenters. The first-order valence-corrected chi connectivity index (χ1v) is 17.2. The Kier molecular flexibility index (Phi) is 6.02. The lowest BCUT2D eigenvalue weighted by atomic mass is 9.80. The van der Waals surface area contributed by atoms with Crippen LogP contribution in [0.1, 0.15) is 41.7 Å². The molecular weight excluding hydrogens is 605 g/mol. The third-order valence-corrected chi connectivity index (χ3v) is 10.9. The Morgan fingerprint density at radius 3 is 2.02 bits per heavy atom. The summed E-state index contributed by atoms with van der Waals surface area (Å²) in [6.45, 7) is 4.75. The maximum atomic E-state index is 9.53. The molecule has 0 saturated heterocycles. The maximum absolute atomic E-state index is 9.53. The van der Waals surface area contributed by atoms with E-state index in [1.165, 1.54) is 65.7 Å². The van der Waals surface area contributed by atoms with Crippen LogP contribution in [0.2, 0.25) is 0 Å². The van der Waals surface area contributed by atoms with Crippen molar-refractivity contribution in [2.24, 2.45) is 0 Å². The number of nitrogens with zero attached hydrogens (tertiary/aromatic N) is 2. The molecule has 2 heteroatoms. The van der Waals surface area contributed by atoms with Crippen LogP contribution in [0.5, 0.6) is 0 Å². The van der Waals surface area contributed by atoms with Gasteiger partial charge in [-0.05, 0) is 126 Å². The van der Waals surface area contributed by atoms with Crippen molar-refractivity contribution in [2.45, 2.75) is 19.3 Å². The van der Waals surface area contributed by atoms with Crippen LogP contribution in [0, 0.1) is 11.3 Å². The molecule has 1 aliphatic carbocycles. The predicted molar refractivity (Wildman–Crippen MR) is 211 cm³/mol. The Hall–Kier alpha value is -6.43. The van der Waals surface area contributed by atoms with E-state index in [9.17, 15) is 5.26 Å². The number of aromatic nitrogens is 1. The fraction of sp³-hybridized carbons (Fsp3) is 0.0625. The van der Waals surface area contributed by atoms with E-state index in [1.807, 2.05) is 12.1 Å². The molecule has 0 spiro atoms. The van der Waals surface area contributed by atoms with E-state index in [0.717, 1.165) is 27.5 Å². The zero-order valence-electron chi connectivity index (χ0n) is 27.9. The highest BCUT2D eigenvalue weighted by molar-refractivity contribution is 6.16. The smallest absolute Gasteiger partial charge is 0.0991 e. The van der Waals surface area contributed by atoms with Gasteiger partial charge in [-0.15, -0.1) is 0 Å². The highest BCUT2D eigenvalue weighted by atomic mass is 15.0. The molecule has 2 nitrogen and oxygen atoms in total. The molecule has 1 aliphatic rings. The third-order valence-electron chi connectivity index (χ3n) is 10.9. The molecular formula is C48H32N2. The molecule has 50 heavy (non-hydrogen) atoms. The number of hydrogen-bond acceptors (Lipinski definition) is 1. The van der Waals surface area contributed by atoms with Crippen LogP contribution in [-0.2, 0) is 5.41 Å². The van der Waals surface area contributed by atoms with Crippen LogP contribution in [0.15, 0.2) is 146 Å². The van der Waals surface area contributed by atoms with E-state index in [-0.39, 0.29) is 5.41 Å². The molecule has 9 aromatic rings. The van der Waals surface area contributed by atoms with Gasteiger partial charge < -0.3 is 4.57 Å². The van der Waals surface area contributed by atoms with Gasteiger partial charge in [-0.1, -0.05) is 111 Å². The van der Waals surface area contributed by atoms with Gasteiger partial charge in [0.2, 0.25) is 0 Å². The molecule has 10 rings (SSSR count). The summed E-state index contributed by atoms with van der Waals surface area (Å²) in [6.07, 6.45) is 4.50. The maximum Gasteiger partial charge on any atom is 0.0991 e. The Labute approximate surface area is 290 Å². The van der Waals surface area contributed by atoms with Crippen molar-refractivity contribution in [1.82, 2.24) is 4.57 Å². The van der Waals surface area contributed by atoms with E-state index in [2.05, 4.69) is 170 Å². The second kappa shape index (κ2) is 10.5.